The summed E-state index contributed by atoms with van der Waals surface area (Å²) in [5.41, 5.74) is 2.43. The minimum atomic E-state index is -0.481. The molecule has 3 N–H and O–H groups in total. The minimum Gasteiger partial charge on any atom is -0.391 e. The summed E-state index contributed by atoms with van der Waals surface area (Å²) in [6.45, 7) is 6.85. The summed E-state index contributed by atoms with van der Waals surface area (Å²) in [6.07, 6.45) is 8.83. The number of nitrogens with zero attached hydrogens (tertiary/aromatic N) is 2. The van der Waals surface area contributed by atoms with Crippen molar-refractivity contribution in [3.05, 3.63) is 48.1 Å². The number of hydrogen-bond acceptors (Lipinski definition) is 6. The number of carbonyl (C=O) groups excluding carboxylic acids is 1. The molecule has 7 heteroatoms. The van der Waals surface area contributed by atoms with E-state index in [2.05, 4.69) is 33.6 Å². The Morgan fingerprint density at radius 3 is 2.73 bits per heavy atom. The number of aliphatic hydroxyl groups is 1. The van der Waals surface area contributed by atoms with E-state index in [0.717, 1.165) is 40.5 Å². The highest BCUT2D eigenvalue weighted by molar-refractivity contribution is 5.97. The Balaban J connectivity index is 1.52. The van der Waals surface area contributed by atoms with Crippen LogP contribution in [0.25, 0.3) is 16.3 Å². The first-order valence-electron chi connectivity index (χ1n) is 10.4. The molecule has 2 aliphatic heterocycles. The van der Waals surface area contributed by atoms with E-state index in [-0.39, 0.29) is 11.9 Å². The molecule has 2 atom stereocenters. The molecule has 1 amide bonds. The van der Waals surface area contributed by atoms with Crippen molar-refractivity contribution in [2.24, 2.45) is 5.41 Å². The van der Waals surface area contributed by atoms with E-state index in [9.17, 15) is 9.90 Å². The van der Waals surface area contributed by atoms with Crippen LogP contribution in [0, 0.1) is 5.41 Å². The molecule has 0 bridgehead atoms. The second-order valence-corrected chi connectivity index (χ2v) is 8.45. The molecule has 0 spiro atoms. The first kappa shape index (κ1) is 20.5. The van der Waals surface area contributed by atoms with Gasteiger partial charge in [0.2, 0.25) is 5.91 Å². The fraction of sp³-hybridized carbons (Fsp3) is 0.435. The number of hydrogen-bond donors (Lipinski definition) is 3. The first-order chi connectivity index (χ1) is 14.4. The van der Waals surface area contributed by atoms with E-state index in [1.165, 1.54) is 0 Å². The molecule has 7 nitrogen and oxygen atoms in total. The molecule has 0 radical (unpaired) electrons. The largest absolute Gasteiger partial charge is 0.391 e. The van der Waals surface area contributed by atoms with Gasteiger partial charge in [-0.25, -0.2) is 4.98 Å². The van der Waals surface area contributed by atoms with E-state index in [1.807, 2.05) is 32.2 Å². The molecule has 0 saturated carbocycles. The monoisotopic (exact) mass is 408 g/mol. The van der Waals surface area contributed by atoms with Crippen molar-refractivity contribution in [3.63, 3.8) is 0 Å². The number of carbonyl (C=O) groups is 1. The van der Waals surface area contributed by atoms with Crippen LogP contribution in [-0.4, -0.2) is 46.3 Å². The lowest BCUT2D eigenvalue weighted by atomic mass is 9.87. The molecule has 1 saturated heterocycles. The third-order valence-corrected chi connectivity index (χ3v) is 5.78. The van der Waals surface area contributed by atoms with Gasteiger partial charge in [0, 0.05) is 34.9 Å². The van der Waals surface area contributed by atoms with Gasteiger partial charge in [0.15, 0.2) is 0 Å². The summed E-state index contributed by atoms with van der Waals surface area (Å²) in [6, 6.07) is 3.74. The van der Waals surface area contributed by atoms with Gasteiger partial charge < -0.3 is 20.5 Å². The van der Waals surface area contributed by atoms with E-state index < -0.39 is 11.5 Å². The maximum atomic E-state index is 12.4. The van der Waals surface area contributed by atoms with Crippen molar-refractivity contribution < 1.29 is 14.6 Å². The van der Waals surface area contributed by atoms with Gasteiger partial charge in [0.05, 0.1) is 36.5 Å². The van der Waals surface area contributed by atoms with E-state index in [1.54, 1.807) is 12.4 Å². The van der Waals surface area contributed by atoms with Crippen molar-refractivity contribution in [1.82, 2.24) is 15.3 Å². The Kier molecular flexibility index (Phi) is 5.58. The van der Waals surface area contributed by atoms with Crippen LogP contribution in [0.4, 0.5) is 5.82 Å². The van der Waals surface area contributed by atoms with Crippen molar-refractivity contribution in [1.29, 1.82) is 0 Å². The number of ether oxygens (including phenoxy) is 1. The van der Waals surface area contributed by atoms with Crippen molar-refractivity contribution in [3.8, 4) is 0 Å². The molecule has 0 aliphatic carbocycles. The van der Waals surface area contributed by atoms with Gasteiger partial charge in [0.25, 0.3) is 0 Å². The number of fused-ring (bicyclic) bond motifs is 1. The standard InChI is InChI=1S/C23H28N4O3/c1-4-5-20(28)19-6-14(2)17(11-25-19)18-7-15-10-26-21(8-16(15)9-24-18)27-22(29)23(3)12-30-13-23/h6-11,19-20,25,28H,4-5,12-13H2,1-3H3,(H,26,27,29). The van der Waals surface area contributed by atoms with Crippen LogP contribution < -0.4 is 10.6 Å². The van der Waals surface area contributed by atoms with Crippen LogP contribution in [0.3, 0.4) is 0 Å². The molecule has 4 heterocycles. The second kappa shape index (κ2) is 8.16. The molecule has 2 aromatic rings. The topological polar surface area (TPSA) is 96.4 Å². The smallest absolute Gasteiger partial charge is 0.236 e. The van der Waals surface area contributed by atoms with Crippen LogP contribution >= 0.6 is 0 Å². The molecular weight excluding hydrogens is 380 g/mol. The summed E-state index contributed by atoms with van der Waals surface area (Å²) in [5, 5.41) is 18.3. The Morgan fingerprint density at radius 1 is 1.33 bits per heavy atom. The average molecular weight is 409 g/mol. The van der Waals surface area contributed by atoms with Gasteiger partial charge in [-0.15, -0.1) is 0 Å². The fourth-order valence-corrected chi connectivity index (χ4v) is 3.73. The van der Waals surface area contributed by atoms with Gasteiger partial charge in [-0.3, -0.25) is 9.78 Å². The van der Waals surface area contributed by atoms with Crippen molar-refractivity contribution >= 4 is 28.1 Å². The van der Waals surface area contributed by atoms with Crippen molar-refractivity contribution in [2.45, 2.75) is 45.8 Å². The SMILES string of the molecule is CCCC(O)C1C=C(C)C(c2cc3cnc(NC(=O)C4(C)COC4)cc3cn2)=CN1. The van der Waals surface area contributed by atoms with Gasteiger partial charge in [-0.1, -0.05) is 19.4 Å². The number of rotatable bonds is 6. The van der Waals surface area contributed by atoms with E-state index in [4.69, 9.17) is 4.74 Å². The Labute approximate surface area is 176 Å². The summed E-state index contributed by atoms with van der Waals surface area (Å²) >= 11 is 0. The molecule has 1 fully saturated rings. The zero-order valence-electron chi connectivity index (χ0n) is 17.6. The van der Waals surface area contributed by atoms with Crippen LogP contribution in [0.5, 0.6) is 0 Å². The molecular formula is C23H28N4O3. The third kappa shape index (κ3) is 3.95. The average Bonchev–Trinajstić information content (AvgIpc) is 2.71. The number of amides is 1. The van der Waals surface area contributed by atoms with Crippen LogP contribution in [0.15, 0.2) is 42.4 Å². The Bertz CT molecular complexity index is 1030. The summed E-state index contributed by atoms with van der Waals surface area (Å²) in [5.74, 6) is 0.432. The quantitative estimate of drug-likeness (QED) is 0.680. The molecule has 2 unspecified atom stereocenters. The highest BCUT2D eigenvalue weighted by atomic mass is 16.5. The van der Waals surface area contributed by atoms with Crippen LogP contribution in [0.2, 0.25) is 0 Å². The number of pyridine rings is 2. The third-order valence-electron chi connectivity index (χ3n) is 5.78. The zero-order chi connectivity index (χ0) is 21.3. The maximum Gasteiger partial charge on any atom is 0.236 e. The number of anilines is 1. The number of aliphatic hydroxyl groups excluding tert-OH is 1. The van der Waals surface area contributed by atoms with Gasteiger partial charge in [-0.05, 0) is 38.0 Å². The molecule has 158 valence electrons. The zero-order valence-corrected chi connectivity index (χ0v) is 17.6. The van der Waals surface area contributed by atoms with Crippen molar-refractivity contribution in [2.75, 3.05) is 18.5 Å². The fourth-order valence-electron chi connectivity index (χ4n) is 3.73. The number of allylic oxidation sites excluding steroid dienone is 2. The van der Waals surface area contributed by atoms with E-state index in [0.29, 0.717) is 19.0 Å². The number of aromatic nitrogens is 2. The first-order valence-corrected chi connectivity index (χ1v) is 10.4. The molecule has 4 rings (SSSR count). The molecule has 2 aromatic heterocycles. The molecule has 2 aliphatic rings. The Hall–Kier alpha value is -2.77. The summed E-state index contributed by atoms with van der Waals surface area (Å²) < 4.78 is 5.16. The summed E-state index contributed by atoms with van der Waals surface area (Å²) in [4.78, 5) is 21.4. The highest BCUT2D eigenvalue weighted by Gasteiger charge is 2.41. The number of dihydropyridines is 1. The second-order valence-electron chi connectivity index (χ2n) is 8.45. The normalized spacial score (nSPS) is 21.1. The lowest BCUT2D eigenvalue weighted by Gasteiger charge is -2.36. The predicted octanol–water partition coefficient (Wildman–Crippen LogP) is 3.02. The van der Waals surface area contributed by atoms with Crippen LogP contribution in [-0.2, 0) is 9.53 Å². The highest BCUT2D eigenvalue weighted by Crippen LogP contribution is 2.30. The molecule has 30 heavy (non-hydrogen) atoms. The predicted molar refractivity (Wildman–Crippen MR) is 117 cm³/mol. The van der Waals surface area contributed by atoms with Gasteiger partial charge in [-0.2, -0.15) is 0 Å². The lowest BCUT2D eigenvalue weighted by Crippen LogP contribution is -2.49. The molecule has 0 aromatic carbocycles. The Morgan fingerprint density at radius 2 is 2.07 bits per heavy atom. The van der Waals surface area contributed by atoms with E-state index >= 15 is 0 Å². The minimum absolute atomic E-state index is 0.0788. The number of nitrogens with one attached hydrogen (secondary N) is 2. The maximum absolute atomic E-state index is 12.4. The van der Waals surface area contributed by atoms with Gasteiger partial charge in [0.1, 0.15) is 5.82 Å². The van der Waals surface area contributed by atoms with Crippen LogP contribution in [0.1, 0.15) is 39.3 Å². The lowest BCUT2D eigenvalue weighted by molar-refractivity contribution is -0.151. The van der Waals surface area contributed by atoms with Gasteiger partial charge >= 0.3 is 0 Å². The summed E-state index contributed by atoms with van der Waals surface area (Å²) in [7, 11) is 0.